The van der Waals surface area contributed by atoms with E-state index in [1.807, 2.05) is 60.4 Å². The Bertz CT molecular complexity index is 822. The Hall–Kier alpha value is -2.62. The van der Waals surface area contributed by atoms with E-state index in [0.717, 1.165) is 48.3 Å². The predicted octanol–water partition coefficient (Wildman–Crippen LogP) is 3.96. The zero-order chi connectivity index (χ0) is 18.1. The molecule has 2 aromatic rings. The molecule has 0 radical (unpaired) electrons. The smallest absolute Gasteiger partial charge is 0.258 e. The molecule has 4 nitrogen and oxygen atoms in total. The third-order valence-electron chi connectivity index (χ3n) is 5.56. The average Bonchev–Trinajstić information content (AvgIpc) is 3.04. The molecule has 0 spiro atoms. The molecular weight excluding hydrogens is 324 g/mol. The maximum atomic E-state index is 12.7. The lowest BCUT2D eigenvalue weighted by Gasteiger charge is -2.29. The van der Waals surface area contributed by atoms with E-state index >= 15 is 0 Å². The molecule has 0 N–H and O–H groups in total. The first-order valence-corrected chi connectivity index (χ1v) is 9.43. The molecule has 1 saturated heterocycles. The fourth-order valence-electron chi connectivity index (χ4n) is 3.94. The summed E-state index contributed by atoms with van der Waals surface area (Å²) in [6.45, 7) is 4.34. The molecule has 4 heteroatoms. The number of piperidine rings is 1. The van der Waals surface area contributed by atoms with Crippen molar-refractivity contribution in [3.05, 3.63) is 65.2 Å². The molecule has 2 aliphatic rings. The van der Waals surface area contributed by atoms with E-state index < -0.39 is 0 Å². The van der Waals surface area contributed by atoms with E-state index in [-0.39, 0.29) is 17.7 Å². The van der Waals surface area contributed by atoms with Crippen molar-refractivity contribution in [2.24, 2.45) is 0 Å². The summed E-state index contributed by atoms with van der Waals surface area (Å²) in [6.07, 6.45) is 3.43. The predicted molar refractivity (Wildman–Crippen MR) is 102 cm³/mol. The van der Waals surface area contributed by atoms with Crippen LogP contribution in [0.1, 0.15) is 53.6 Å². The highest BCUT2D eigenvalue weighted by Gasteiger charge is 2.28. The molecule has 1 unspecified atom stereocenters. The molecule has 0 bridgehead atoms. The van der Waals surface area contributed by atoms with Gasteiger partial charge in [0.2, 0.25) is 5.91 Å². The number of hydrogen-bond donors (Lipinski definition) is 0. The summed E-state index contributed by atoms with van der Waals surface area (Å²) in [5.41, 5.74) is 3.74. The molecule has 26 heavy (non-hydrogen) atoms. The molecule has 2 amide bonds. The van der Waals surface area contributed by atoms with Crippen LogP contribution < -0.4 is 4.90 Å². The summed E-state index contributed by atoms with van der Waals surface area (Å²) < 4.78 is 0. The third-order valence-corrected chi connectivity index (χ3v) is 5.56. The number of nitrogens with zero attached hydrogens (tertiary/aromatic N) is 2. The Morgan fingerprint density at radius 1 is 0.962 bits per heavy atom. The number of anilines is 1. The normalized spacial score (nSPS) is 18.0. The minimum absolute atomic E-state index is 0.0470. The Kier molecular flexibility index (Phi) is 4.49. The molecule has 2 aliphatic heterocycles. The highest BCUT2D eigenvalue weighted by atomic mass is 16.2. The second-order valence-corrected chi connectivity index (χ2v) is 7.25. The number of fused-ring (bicyclic) bond motifs is 1. The van der Waals surface area contributed by atoms with Crippen LogP contribution in [0.2, 0.25) is 0 Å². The van der Waals surface area contributed by atoms with Crippen LogP contribution in [0, 0.1) is 0 Å². The standard InChI is InChI=1S/C22H24N2O2/c1-16(21(25)23-13-5-2-6-14-23)17-9-11-19(12-10-17)24-15-18-7-3-4-8-20(18)22(24)26/h3-4,7-12,16H,2,5-6,13-15H2,1H3. The van der Waals surface area contributed by atoms with Gasteiger partial charge in [0.1, 0.15) is 0 Å². The van der Waals surface area contributed by atoms with Crippen LogP contribution >= 0.6 is 0 Å². The molecule has 0 aliphatic carbocycles. The number of benzene rings is 2. The molecule has 1 atom stereocenters. The molecule has 1 fully saturated rings. The van der Waals surface area contributed by atoms with Gasteiger partial charge in [0, 0.05) is 24.3 Å². The van der Waals surface area contributed by atoms with Crippen molar-refractivity contribution in [2.45, 2.75) is 38.6 Å². The summed E-state index contributed by atoms with van der Waals surface area (Å²) >= 11 is 0. The summed E-state index contributed by atoms with van der Waals surface area (Å²) in [5.74, 6) is 0.113. The van der Waals surface area contributed by atoms with Crippen LogP contribution in [-0.2, 0) is 11.3 Å². The maximum absolute atomic E-state index is 12.7. The van der Waals surface area contributed by atoms with Crippen LogP contribution in [-0.4, -0.2) is 29.8 Å². The Morgan fingerprint density at radius 2 is 1.65 bits per heavy atom. The molecular formula is C22H24N2O2. The van der Waals surface area contributed by atoms with E-state index in [0.29, 0.717) is 6.54 Å². The van der Waals surface area contributed by atoms with Crippen LogP contribution in [0.3, 0.4) is 0 Å². The van der Waals surface area contributed by atoms with E-state index in [2.05, 4.69) is 0 Å². The first-order valence-electron chi connectivity index (χ1n) is 9.43. The summed E-state index contributed by atoms with van der Waals surface area (Å²) in [7, 11) is 0. The first kappa shape index (κ1) is 16.8. The van der Waals surface area contributed by atoms with Crippen LogP contribution in [0.5, 0.6) is 0 Å². The summed E-state index contributed by atoms with van der Waals surface area (Å²) in [5, 5.41) is 0. The van der Waals surface area contributed by atoms with Crippen LogP contribution in [0.4, 0.5) is 5.69 Å². The van der Waals surface area contributed by atoms with Gasteiger partial charge in [-0.2, -0.15) is 0 Å². The number of likely N-dealkylation sites (tertiary alicyclic amines) is 1. The summed E-state index contributed by atoms with van der Waals surface area (Å²) in [4.78, 5) is 29.1. The van der Waals surface area contributed by atoms with Gasteiger partial charge in [-0.1, -0.05) is 30.3 Å². The van der Waals surface area contributed by atoms with Gasteiger partial charge in [-0.3, -0.25) is 9.59 Å². The van der Waals surface area contributed by atoms with Crippen molar-refractivity contribution < 1.29 is 9.59 Å². The van der Waals surface area contributed by atoms with Crippen molar-refractivity contribution in [1.29, 1.82) is 0 Å². The second kappa shape index (κ2) is 6.94. The largest absolute Gasteiger partial charge is 0.342 e. The van der Waals surface area contributed by atoms with E-state index in [4.69, 9.17) is 0 Å². The average molecular weight is 348 g/mol. The fourth-order valence-corrected chi connectivity index (χ4v) is 3.94. The Balaban J connectivity index is 1.49. The molecule has 0 aromatic heterocycles. The Labute approximate surface area is 154 Å². The van der Waals surface area contributed by atoms with Crippen molar-refractivity contribution >= 4 is 17.5 Å². The quantitative estimate of drug-likeness (QED) is 0.842. The van der Waals surface area contributed by atoms with Crippen LogP contribution in [0.15, 0.2) is 48.5 Å². The SMILES string of the molecule is CC(C(=O)N1CCCCC1)c1ccc(N2Cc3ccccc3C2=O)cc1. The monoisotopic (exact) mass is 348 g/mol. The van der Waals surface area contributed by atoms with Gasteiger partial charge in [0.05, 0.1) is 12.5 Å². The van der Waals surface area contributed by atoms with Gasteiger partial charge in [-0.15, -0.1) is 0 Å². The second-order valence-electron chi connectivity index (χ2n) is 7.25. The van der Waals surface area contributed by atoms with Crippen molar-refractivity contribution in [1.82, 2.24) is 4.90 Å². The number of carbonyl (C=O) groups excluding carboxylic acids is 2. The molecule has 2 aromatic carbocycles. The molecule has 2 heterocycles. The van der Waals surface area contributed by atoms with Crippen molar-refractivity contribution in [3.8, 4) is 0 Å². The Morgan fingerprint density at radius 3 is 2.35 bits per heavy atom. The van der Waals surface area contributed by atoms with Gasteiger partial charge >= 0.3 is 0 Å². The molecule has 4 rings (SSSR count). The molecule has 0 saturated carbocycles. The lowest BCUT2D eigenvalue weighted by molar-refractivity contribution is -0.133. The van der Waals surface area contributed by atoms with Crippen LogP contribution in [0.25, 0.3) is 0 Å². The summed E-state index contributed by atoms with van der Waals surface area (Å²) in [6, 6.07) is 15.6. The minimum Gasteiger partial charge on any atom is -0.342 e. The highest BCUT2D eigenvalue weighted by molar-refractivity contribution is 6.10. The van der Waals surface area contributed by atoms with Crippen molar-refractivity contribution in [3.63, 3.8) is 0 Å². The van der Waals surface area contributed by atoms with Gasteiger partial charge in [0.25, 0.3) is 5.91 Å². The number of rotatable bonds is 3. The fraction of sp³-hybridized carbons (Fsp3) is 0.364. The van der Waals surface area contributed by atoms with Crippen molar-refractivity contribution in [2.75, 3.05) is 18.0 Å². The lowest BCUT2D eigenvalue weighted by Crippen LogP contribution is -2.38. The minimum atomic E-state index is -0.145. The third kappa shape index (κ3) is 3.00. The topological polar surface area (TPSA) is 40.6 Å². The maximum Gasteiger partial charge on any atom is 0.258 e. The highest BCUT2D eigenvalue weighted by Crippen LogP contribution is 2.29. The van der Waals surface area contributed by atoms with Gasteiger partial charge in [-0.25, -0.2) is 0 Å². The zero-order valence-electron chi connectivity index (χ0n) is 15.1. The van der Waals surface area contributed by atoms with Gasteiger partial charge < -0.3 is 9.80 Å². The molecule has 134 valence electrons. The number of amides is 2. The lowest BCUT2D eigenvalue weighted by atomic mass is 9.98. The van der Waals surface area contributed by atoms with Gasteiger partial charge in [0.15, 0.2) is 0 Å². The van der Waals surface area contributed by atoms with E-state index in [9.17, 15) is 9.59 Å². The van der Waals surface area contributed by atoms with E-state index in [1.54, 1.807) is 4.90 Å². The van der Waals surface area contributed by atoms with Gasteiger partial charge in [-0.05, 0) is 55.5 Å². The zero-order valence-corrected chi connectivity index (χ0v) is 15.1. The number of hydrogen-bond acceptors (Lipinski definition) is 2. The number of carbonyl (C=O) groups is 2. The first-order chi connectivity index (χ1) is 12.6. The van der Waals surface area contributed by atoms with E-state index in [1.165, 1.54) is 6.42 Å².